The fraction of sp³-hybridized carbons (Fsp3) is 0.429. The fourth-order valence-corrected chi connectivity index (χ4v) is 2.00. The molecule has 0 atom stereocenters. The van der Waals surface area contributed by atoms with Crippen LogP contribution >= 0.6 is 12.2 Å². The van der Waals surface area contributed by atoms with Crippen molar-refractivity contribution in [1.29, 1.82) is 0 Å². The zero-order chi connectivity index (χ0) is 14.5. The second kappa shape index (κ2) is 6.65. The van der Waals surface area contributed by atoms with Gasteiger partial charge in [0.05, 0.1) is 0 Å². The lowest BCUT2D eigenvalue weighted by Gasteiger charge is -2.08. The summed E-state index contributed by atoms with van der Waals surface area (Å²) in [5.74, 6) is -0.349. The van der Waals surface area contributed by atoms with E-state index in [1.165, 1.54) is 6.07 Å². The summed E-state index contributed by atoms with van der Waals surface area (Å²) in [6.07, 6.45) is 3.38. The number of rotatable bonds is 7. The standard InChI is InChI=1S/C14H18FN3OS/c15-12-8-10(5-6-11(12)14(16)20)17-7-1-2-13(19)18-9-3-4-9/h5-6,8-9,17H,1-4,7H2,(H2,16,20)(H,18,19). The van der Waals surface area contributed by atoms with Gasteiger partial charge in [0.15, 0.2) is 0 Å². The molecule has 20 heavy (non-hydrogen) atoms. The molecule has 1 aliphatic rings. The van der Waals surface area contributed by atoms with Crippen molar-refractivity contribution in [3.05, 3.63) is 29.6 Å². The third-order valence-electron chi connectivity index (χ3n) is 3.09. The Bertz CT molecular complexity index is 517. The van der Waals surface area contributed by atoms with E-state index < -0.39 is 5.82 Å². The molecule has 0 unspecified atom stereocenters. The molecule has 0 heterocycles. The SMILES string of the molecule is NC(=S)c1ccc(NCCCC(=O)NC2CC2)cc1F. The van der Waals surface area contributed by atoms with Crippen LogP contribution in [0.1, 0.15) is 31.2 Å². The quantitative estimate of drug-likeness (QED) is 0.531. The minimum absolute atomic E-state index is 0.0470. The Morgan fingerprint density at radius 3 is 2.80 bits per heavy atom. The topological polar surface area (TPSA) is 67.1 Å². The predicted octanol–water partition coefficient (Wildman–Crippen LogP) is 1.93. The molecule has 6 heteroatoms. The Morgan fingerprint density at radius 1 is 1.45 bits per heavy atom. The van der Waals surface area contributed by atoms with Gasteiger partial charge >= 0.3 is 0 Å². The van der Waals surface area contributed by atoms with Crippen LogP contribution in [0.2, 0.25) is 0 Å². The van der Waals surface area contributed by atoms with E-state index in [0.29, 0.717) is 31.1 Å². The highest BCUT2D eigenvalue weighted by atomic mass is 32.1. The van der Waals surface area contributed by atoms with E-state index in [4.69, 9.17) is 18.0 Å². The molecule has 4 nitrogen and oxygen atoms in total. The van der Waals surface area contributed by atoms with E-state index in [1.807, 2.05) is 0 Å². The first-order valence-electron chi connectivity index (χ1n) is 6.69. The lowest BCUT2D eigenvalue weighted by atomic mass is 10.2. The molecule has 1 aromatic rings. The average molecular weight is 295 g/mol. The largest absolute Gasteiger partial charge is 0.389 e. The Labute approximate surface area is 122 Å². The number of amides is 1. The lowest BCUT2D eigenvalue weighted by Crippen LogP contribution is -2.25. The highest BCUT2D eigenvalue weighted by molar-refractivity contribution is 7.80. The number of halogens is 1. The summed E-state index contributed by atoms with van der Waals surface area (Å²) < 4.78 is 13.6. The van der Waals surface area contributed by atoms with Crippen LogP contribution in [0.25, 0.3) is 0 Å². The van der Waals surface area contributed by atoms with Gasteiger partial charge in [0.2, 0.25) is 5.91 Å². The van der Waals surface area contributed by atoms with Crippen LogP contribution in [0, 0.1) is 5.82 Å². The molecular formula is C14H18FN3OS. The van der Waals surface area contributed by atoms with E-state index in [-0.39, 0.29) is 16.5 Å². The molecule has 0 aliphatic heterocycles. The molecule has 0 radical (unpaired) electrons. The molecule has 1 aliphatic carbocycles. The number of anilines is 1. The zero-order valence-electron chi connectivity index (χ0n) is 11.1. The van der Waals surface area contributed by atoms with Crippen molar-refractivity contribution < 1.29 is 9.18 Å². The fourth-order valence-electron chi connectivity index (χ4n) is 1.83. The summed E-state index contributed by atoms with van der Waals surface area (Å²) in [5.41, 5.74) is 6.29. The van der Waals surface area contributed by atoms with Gasteiger partial charge in [0, 0.05) is 30.3 Å². The van der Waals surface area contributed by atoms with Crippen LogP contribution < -0.4 is 16.4 Å². The van der Waals surface area contributed by atoms with Crippen molar-refractivity contribution in [2.24, 2.45) is 5.73 Å². The highest BCUT2D eigenvalue weighted by Gasteiger charge is 2.22. The molecule has 0 aromatic heterocycles. The molecule has 0 spiro atoms. The van der Waals surface area contributed by atoms with Gasteiger partial charge in [0.25, 0.3) is 0 Å². The van der Waals surface area contributed by atoms with E-state index >= 15 is 0 Å². The maximum absolute atomic E-state index is 13.6. The van der Waals surface area contributed by atoms with Crippen molar-refractivity contribution >= 4 is 28.8 Å². The number of hydrogen-bond donors (Lipinski definition) is 3. The smallest absolute Gasteiger partial charge is 0.220 e. The normalized spacial score (nSPS) is 13.8. The molecule has 1 fully saturated rings. The Morgan fingerprint density at radius 2 is 2.20 bits per heavy atom. The maximum atomic E-state index is 13.6. The van der Waals surface area contributed by atoms with Crippen LogP contribution in [-0.2, 0) is 4.79 Å². The zero-order valence-corrected chi connectivity index (χ0v) is 11.9. The molecule has 4 N–H and O–H groups in total. The first kappa shape index (κ1) is 14.7. The summed E-state index contributed by atoms with van der Waals surface area (Å²) in [4.78, 5) is 11.5. The minimum atomic E-state index is -0.436. The molecule has 0 bridgehead atoms. The summed E-state index contributed by atoms with van der Waals surface area (Å²) >= 11 is 4.74. The van der Waals surface area contributed by atoms with Crippen molar-refractivity contribution in [3.63, 3.8) is 0 Å². The van der Waals surface area contributed by atoms with Gasteiger partial charge in [-0.25, -0.2) is 4.39 Å². The van der Waals surface area contributed by atoms with Gasteiger partial charge in [-0.15, -0.1) is 0 Å². The van der Waals surface area contributed by atoms with E-state index in [0.717, 1.165) is 12.8 Å². The van der Waals surface area contributed by atoms with Crippen LogP contribution in [0.15, 0.2) is 18.2 Å². The number of thiocarbonyl (C=S) groups is 1. The third kappa shape index (κ3) is 4.45. The Kier molecular flexibility index (Phi) is 4.89. The predicted molar refractivity (Wildman–Crippen MR) is 81.2 cm³/mol. The van der Waals surface area contributed by atoms with Crippen LogP contribution in [0.5, 0.6) is 0 Å². The van der Waals surface area contributed by atoms with Crippen LogP contribution in [0.3, 0.4) is 0 Å². The van der Waals surface area contributed by atoms with Gasteiger partial charge < -0.3 is 16.4 Å². The first-order valence-corrected chi connectivity index (χ1v) is 7.09. The Balaban J connectivity index is 1.72. The van der Waals surface area contributed by atoms with Gasteiger partial charge in [0.1, 0.15) is 10.8 Å². The van der Waals surface area contributed by atoms with Gasteiger partial charge in [-0.1, -0.05) is 12.2 Å². The van der Waals surface area contributed by atoms with Gasteiger partial charge in [-0.05, 0) is 37.5 Å². The van der Waals surface area contributed by atoms with Crippen molar-refractivity contribution in [2.45, 2.75) is 31.7 Å². The molecule has 2 rings (SSSR count). The number of benzene rings is 1. The molecule has 1 aromatic carbocycles. The number of carbonyl (C=O) groups is 1. The average Bonchev–Trinajstić information content (AvgIpc) is 3.18. The number of carbonyl (C=O) groups excluding carboxylic acids is 1. The number of nitrogens with two attached hydrogens (primary N) is 1. The van der Waals surface area contributed by atoms with Crippen molar-refractivity contribution in [2.75, 3.05) is 11.9 Å². The Hall–Kier alpha value is -1.69. The highest BCUT2D eigenvalue weighted by Crippen LogP contribution is 2.18. The second-order valence-electron chi connectivity index (χ2n) is 4.93. The number of nitrogens with one attached hydrogen (secondary N) is 2. The summed E-state index contributed by atoms with van der Waals surface area (Å²) in [6.45, 7) is 0.615. The molecule has 1 amide bonds. The first-order chi connectivity index (χ1) is 9.56. The summed E-state index contributed by atoms with van der Waals surface area (Å²) in [6, 6.07) is 5.04. The second-order valence-corrected chi connectivity index (χ2v) is 5.37. The molecular weight excluding hydrogens is 277 g/mol. The van der Waals surface area contributed by atoms with Gasteiger partial charge in [-0.3, -0.25) is 4.79 Å². The third-order valence-corrected chi connectivity index (χ3v) is 3.31. The van der Waals surface area contributed by atoms with Crippen LogP contribution in [-0.4, -0.2) is 23.5 Å². The van der Waals surface area contributed by atoms with Crippen molar-refractivity contribution in [1.82, 2.24) is 5.32 Å². The molecule has 0 saturated heterocycles. The van der Waals surface area contributed by atoms with E-state index in [9.17, 15) is 9.18 Å². The lowest BCUT2D eigenvalue weighted by molar-refractivity contribution is -0.121. The molecule has 108 valence electrons. The van der Waals surface area contributed by atoms with Crippen LogP contribution in [0.4, 0.5) is 10.1 Å². The van der Waals surface area contributed by atoms with E-state index in [1.54, 1.807) is 12.1 Å². The maximum Gasteiger partial charge on any atom is 0.220 e. The monoisotopic (exact) mass is 295 g/mol. The molecule has 1 saturated carbocycles. The number of hydrogen-bond acceptors (Lipinski definition) is 3. The van der Waals surface area contributed by atoms with Crippen molar-refractivity contribution in [3.8, 4) is 0 Å². The summed E-state index contributed by atoms with van der Waals surface area (Å²) in [7, 11) is 0. The van der Waals surface area contributed by atoms with Gasteiger partial charge in [-0.2, -0.15) is 0 Å². The minimum Gasteiger partial charge on any atom is -0.389 e. The summed E-state index contributed by atoms with van der Waals surface area (Å²) in [5, 5.41) is 6.00. The van der Waals surface area contributed by atoms with E-state index in [2.05, 4.69) is 10.6 Å².